The summed E-state index contributed by atoms with van der Waals surface area (Å²) in [5.41, 5.74) is 1.28. The molecule has 26 heavy (non-hydrogen) atoms. The first-order valence-electron chi connectivity index (χ1n) is 8.47. The molecule has 2 aromatic heterocycles. The van der Waals surface area contributed by atoms with Crippen LogP contribution in [0, 0.1) is 0 Å². The molecule has 1 fully saturated rings. The summed E-state index contributed by atoms with van der Waals surface area (Å²) in [4.78, 5) is 18.1. The Labute approximate surface area is 160 Å². The highest BCUT2D eigenvalue weighted by atomic mass is 35.5. The van der Waals surface area contributed by atoms with Gasteiger partial charge >= 0.3 is 0 Å². The zero-order valence-electron chi connectivity index (χ0n) is 14.1. The van der Waals surface area contributed by atoms with E-state index in [2.05, 4.69) is 16.1 Å². The number of benzene rings is 1. The fourth-order valence-electron chi connectivity index (χ4n) is 3.04. The van der Waals surface area contributed by atoms with Crippen LogP contribution in [0.15, 0.2) is 53.1 Å². The topological polar surface area (TPSA) is 49.6 Å². The van der Waals surface area contributed by atoms with Crippen molar-refractivity contribution in [1.82, 2.24) is 15.0 Å². The van der Waals surface area contributed by atoms with E-state index < -0.39 is 0 Å². The minimum atomic E-state index is -0.0743. The quantitative estimate of drug-likeness (QED) is 0.678. The maximum Gasteiger partial charge on any atom is 0.276 e. The van der Waals surface area contributed by atoms with E-state index in [-0.39, 0.29) is 5.91 Å². The normalized spacial score (nSPS) is 15.3. The summed E-state index contributed by atoms with van der Waals surface area (Å²) in [5.74, 6) is 0.539. The lowest BCUT2D eigenvalue weighted by atomic mass is 10.1. The van der Waals surface area contributed by atoms with Gasteiger partial charge in [0.2, 0.25) is 0 Å². The van der Waals surface area contributed by atoms with Crippen LogP contribution in [0.5, 0.6) is 0 Å². The standard InChI is InChI=1S/C19H18ClN3O2S/c20-18-7-6-15(26-18)13-22-8-10-23(11-9-22)19(24)16-12-17(25-21-16)14-4-2-1-3-5-14/h1-7,12H,8-11,13H2. The molecule has 1 amide bonds. The molecule has 0 unspecified atom stereocenters. The van der Waals surface area contributed by atoms with Crippen LogP contribution in [0.4, 0.5) is 0 Å². The smallest absolute Gasteiger partial charge is 0.276 e. The number of carbonyl (C=O) groups excluding carboxylic acids is 1. The monoisotopic (exact) mass is 387 g/mol. The van der Waals surface area contributed by atoms with Crippen LogP contribution < -0.4 is 0 Å². The number of nitrogens with zero attached hydrogens (tertiary/aromatic N) is 3. The first kappa shape index (κ1) is 17.3. The van der Waals surface area contributed by atoms with E-state index in [0.717, 1.165) is 29.5 Å². The number of thiophene rings is 1. The molecule has 0 radical (unpaired) electrons. The van der Waals surface area contributed by atoms with Crippen molar-refractivity contribution in [3.05, 3.63) is 63.4 Å². The van der Waals surface area contributed by atoms with Crippen molar-refractivity contribution in [2.75, 3.05) is 26.2 Å². The number of amides is 1. The van der Waals surface area contributed by atoms with Gasteiger partial charge in [-0.25, -0.2) is 0 Å². The molecule has 4 rings (SSSR count). The number of piperazine rings is 1. The van der Waals surface area contributed by atoms with Gasteiger partial charge < -0.3 is 9.42 Å². The van der Waals surface area contributed by atoms with E-state index in [1.54, 1.807) is 17.4 Å². The fraction of sp³-hybridized carbons (Fsp3) is 0.263. The van der Waals surface area contributed by atoms with E-state index in [4.69, 9.17) is 16.1 Å². The second kappa shape index (κ2) is 7.61. The van der Waals surface area contributed by atoms with E-state index in [1.165, 1.54) is 4.88 Å². The summed E-state index contributed by atoms with van der Waals surface area (Å²) in [7, 11) is 0. The average molecular weight is 388 g/mol. The molecule has 1 saturated heterocycles. The molecule has 3 heterocycles. The first-order valence-corrected chi connectivity index (χ1v) is 9.66. The van der Waals surface area contributed by atoms with Crippen molar-refractivity contribution in [1.29, 1.82) is 0 Å². The fourth-order valence-corrected chi connectivity index (χ4v) is 4.17. The Morgan fingerprint density at radius 1 is 1.12 bits per heavy atom. The van der Waals surface area contributed by atoms with Crippen molar-refractivity contribution in [2.45, 2.75) is 6.54 Å². The van der Waals surface area contributed by atoms with Crippen LogP contribution >= 0.6 is 22.9 Å². The minimum absolute atomic E-state index is 0.0743. The Bertz CT molecular complexity index is 885. The lowest BCUT2D eigenvalue weighted by Gasteiger charge is -2.34. The van der Waals surface area contributed by atoms with Gasteiger partial charge in [0.25, 0.3) is 5.91 Å². The zero-order chi connectivity index (χ0) is 17.9. The number of rotatable bonds is 4. The SMILES string of the molecule is O=C(c1cc(-c2ccccc2)on1)N1CCN(Cc2ccc(Cl)s2)CC1. The van der Waals surface area contributed by atoms with Crippen LogP contribution in [0.2, 0.25) is 4.34 Å². The van der Waals surface area contributed by atoms with Gasteiger partial charge in [0.1, 0.15) is 0 Å². The second-order valence-corrected chi connectivity index (χ2v) is 8.02. The van der Waals surface area contributed by atoms with Gasteiger partial charge in [-0.1, -0.05) is 47.1 Å². The van der Waals surface area contributed by atoms with Gasteiger partial charge in [-0.05, 0) is 12.1 Å². The van der Waals surface area contributed by atoms with E-state index in [0.29, 0.717) is 24.5 Å². The molecule has 3 aromatic rings. The van der Waals surface area contributed by atoms with Crippen LogP contribution in [0.1, 0.15) is 15.4 Å². The van der Waals surface area contributed by atoms with Crippen molar-refractivity contribution in [3.8, 4) is 11.3 Å². The molecule has 0 bridgehead atoms. The van der Waals surface area contributed by atoms with Crippen molar-refractivity contribution < 1.29 is 9.32 Å². The molecule has 7 heteroatoms. The molecule has 0 saturated carbocycles. The van der Waals surface area contributed by atoms with Gasteiger partial charge in [-0.3, -0.25) is 9.69 Å². The Kier molecular flexibility index (Phi) is 5.06. The largest absolute Gasteiger partial charge is 0.355 e. The number of halogens is 1. The third-order valence-electron chi connectivity index (χ3n) is 4.46. The Balaban J connectivity index is 1.36. The summed E-state index contributed by atoms with van der Waals surface area (Å²) in [6.07, 6.45) is 0. The molecule has 1 aromatic carbocycles. The van der Waals surface area contributed by atoms with Crippen LogP contribution in [0.3, 0.4) is 0 Å². The first-order chi connectivity index (χ1) is 12.7. The van der Waals surface area contributed by atoms with E-state index in [9.17, 15) is 4.79 Å². The summed E-state index contributed by atoms with van der Waals surface area (Å²) < 4.78 is 6.16. The van der Waals surface area contributed by atoms with Crippen molar-refractivity contribution in [2.24, 2.45) is 0 Å². The molecule has 1 aliphatic heterocycles. The minimum Gasteiger partial charge on any atom is -0.355 e. The zero-order valence-corrected chi connectivity index (χ0v) is 15.7. The van der Waals surface area contributed by atoms with Gasteiger partial charge in [-0.15, -0.1) is 11.3 Å². The number of aromatic nitrogens is 1. The molecule has 5 nitrogen and oxygen atoms in total. The molecular formula is C19H18ClN3O2S. The molecule has 134 valence electrons. The van der Waals surface area contributed by atoms with Crippen LogP contribution in [0.25, 0.3) is 11.3 Å². The van der Waals surface area contributed by atoms with E-state index >= 15 is 0 Å². The number of hydrogen-bond acceptors (Lipinski definition) is 5. The highest BCUT2D eigenvalue weighted by Gasteiger charge is 2.25. The van der Waals surface area contributed by atoms with Gasteiger partial charge in [0.05, 0.1) is 4.34 Å². The molecule has 0 atom stereocenters. The summed E-state index contributed by atoms with van der Waals surface area (Å²) >= 11 is 7.60. The number of hydrogen-bond donors (Lipinski definition) is 0. The summed E-state index contributed by atoms with van der Waals surface area (Å²) in [6, 6.07) is 15.4. The van der Waals surface area contributed by atoms with Crippen molar-refractivity contribution in [3.63, 3.8) is 0 Å². The molecule has 0 N–H and O–H groups in total. The lowest BCUT2D eigenvalue weighted by molar-refractivity contribution is 0.0619. The third-order valence-corrected chi connectivity index (χ3v) is 5.67. The Morgan fingerprint density at radius 2 is 1.88 bits per heavy atom. The Morgan fingerprint density at radius 3 is 2.58 bits per heavy atom. The highest BCUT2D eigenvalue weighted by Crippen LogP contribution is 2.24. The second-order valence-electron chi connectivity index (χ2n) is 6.22. The number of carbonyl (C=O) groups is 1. The molecule has 1 aliphatic rings. The van der Waals surface area contributed by atoms with Crippen molar-refractivity contribution >= 4 is 28.8 Å². The summed E-state index contributed by atoms with van der Waals surface area (Å²) in [5, 5.41) is 3.96. The van der Waals surface area contributed by atoms with Crippen LogP contribution in [-0.2, 0) is 6.54 Å². The lowest BCUT2D eigenvalue weighted by Crippen LogP contribution is -2.48. The van der Waals surface area contributed by atoms with Gasteiger partial charge in [-0.2, -0.15) is 0 Å². The van der Waals surface area contributed by atoms with Crippen LogP contribution in [-0.4, -0.2) is 47.0 Å². The van der Waals surface area contributed by atoms with Gasteiger partial charge in [0, 0.05) is 49.2 Å². The summed E-state index contributed by atoms with van der Waals surface area (Å²) in [6.45, 7) is 3.92. The maximum atomic E-state index is 12.7. The van der Waals surface area contributed by atoms with E-state index in [1.807, 2.05) is 41.3 Å². The van der Waals surface area contributed by atoms with Gasteiger partial charge in [0.15, 0.2) is 11.5 Å². The maximum absolute atomic E-state index is 12.7. The highest BCUT2D eigenvalue weighted by molar-refractivity contribution is 7.16. The predicted octanol–water partition coefficient (Wildman–Crippen LogP) is 4.01. The third kappa shape index (κ3) is 3.82. The molecule has 0 spiro atoms. The molecular weight excluding hydrogens is 370 g/mol. The Hall–Kier alpha value is -2.15. The average Bonchev–Trinajstić information content (AvgIpc) is 3.32. The molecule has 0 aliphatic carbocycles. The predicted molar refractivity (Wildman–Crippen MR) is 102 cm³/mol.